The first kappa shape index (κ1) is 16.8. The van der Waals surface area contributed by atoms with E-state index in [-0.39, 0.29) is 5.91 Å². The molecule has 5 heteroatoms. The molecule has 0 radical (unpaired) electrons. The Labute approximate surface area is 144 Å². The van der Waals surface area contributed by atoms with E-state index in [2.05, 4.69) is 29.2 Å². The quantitative estimate of drug-likeness (QED) is 0.775. The molecule has 24 heavy (non-hydrogen) atoms. The standard InChI is InChI=1S/C19H27N3O2/c23-16-20-12-14-22(15-13-20)19(24)9-6-17-4-7-18(8-5-17)21-10-2-1-3-11-21/h4-5,7-8,16H,1-3,6,9-15H2. The number of carbonyl (C=O) groups is 2. The predicted molar refractivity (Wildman–Crippen MR) is 95.0 cm³/mol. The molecule has 0 aromatic heterocycles. The van der Waals surface area contributed by atoms with Crippen LogP contribution in [0.3, 0.4) is 0 Å². The van der Waals surface area contributed by atoms with Gasteiger partial charge in [-0.25, -0.2) is 0 Å². The number of hydrogen-bond acceptors (Lipinski definition) is 3. The molecule has 2 fully saturated rings. The SMILES string of the molecule is O=CN1CCN(C(=O)CCc2ccc(N3CCCCC3)cc2)CC1. The fraction of sp³-hybridized carbons (Fsp3) is 0.579. The monoisotopic (exact) mass is 329 g/mol. The van der Waals surface area contributed by atoms with Crippen molar-refractivity contribution in [3.8, 4) is 0 Å². The van der Waals surface area contributed by atoms with Crippen LogP contribution in [0.1, 0.15) is 31.2 Å². The van der Waals surface area contributed by atoms with Crippen molar-refractivity contribution >= 4 is 18.0 Å². The highest BCUT2D eigenvalue weighted by atomic mass is 16.2. The summed E-state index contributed by atoms with van der Waals surface area (Å²) in [5, 5.41) is 0. The molecule has 2 aliphatic heterocycles. The lowest BCUT2D eigenvalue weighted by Gasteiger charge is -2.32. The summed E-state index contributed by atoms with van der Waals surface area (Å²) in [5.41, 5.74) is 2.52. The molecular formula is C19H27N3O2. The molecule has 0 aliphatic carbocycles. The van der Waals surface area contributed by atoms with Gasteiger partial charge in [-0.05, 0) is 43.4 Å². The second kappa shape index (κ2) is 8.18. The van der Waals surface area contributed by atoms with E-state index in [4.69, 9.17) is 0 Å². The van der Waals surface area contributed by atoms with Crippen molar-refractivity contribution in [3.63, 3.8) is 0 Å². The Kier molecular flexibility index (Phi) is 5.72. The molecule has 1 aromatic rings. The third-order valence-electron chi connectivity index (χ3n) is 5.10. The Morgan fingerprint density at radius 3 is 2.21 bits per heavy atom. The number of benzene rings is 1. The van der Waals surface area contributed by atoms with Crippen LogP contribution >= 0.6 is 0 Å². The lowest BCUT2D eigenvalue weighted by Crippen LogP contribution is -2.48. The predicted octanol–water partition coefficient (Wildman–Crippen LogP) is 1.91. The molecule has 0 saturated carbocycles. The maximum atomic E-state index is 12.3. The molecule has 3 rings (SSSR count). The number of carbonyl (C=O) groups excluding carboxylic acids is 2. The summed E-state index contributed by atoms with van der Waals surface area (Å²) in [6.45, 7) is 4.94. The smallest absolute Gasteiger partial charge is 0.223 e. The molecule has 2 amide bonds. The number of piperazine rings is 1. The van der Waals surface area contributed by atoms with Gasteiger partial charge in [-0.3, -0.25) is 9.59 Å². The summed E-state index contributed by atoms with van der Waals surface area (Å²) < 4.78 is 0. The van der Waals surface area contributed by atoms with Crippen LogP contribution < -0.4 is 4.90 Å². The number of amides is 2. The third kappa shape index (κ3) is 4.28. The van der Waals surface area contributed by atoms with Gasteiger partial charge >= 0.3 is 0 Å². The lowest BCUT2D eigenvalue weighted by atomic mass is 10.1. The van der Waals surface area contributed by atoms with Crippen LogP contribution in [0.5, 0.6) is 0 Å². The molecule has 2 heterocycles. The van der Waals surface area contributed by atoms with Crippen molar-refractivity contribution in [1.82, 2.24) is 9.80 Å². The third-order valence-corrected chi connectivity index (χ3v) is 5.10. The van der Waals surface area contributed by atoms with Crippen LogP contribution in [0.4, 0.5) is 5.69 Å². The van der Waals surface area contributed by atoms with E-state index < -0.39 is 0 Å². The average Bonchev–Trinajstić information content (AvgIpc) is 2.67. The Bertz CT molecular complexity index is 544. The van der Waals surface area contributed by atoms with Crippen molar-refractivity contribution in [1.29, 1.82) is 0 Å². The van der Waals surface area contributed by atoms with E-state index in [0.717, 1.165) is 25.9 Å². The van der Waals surface area contributed by atoms with Gasteiger partial charge < -0.3 is 14.7 Å². The van der Waals surface area contributed by atoms with E-state index in [1.165, 1.54) is 30.5 Å². The first-order valence-corrected chi connectivity index (χ1v) is 9.07. The van der Waals surface area contributed by atoms with Crippen LogP contribution in [0.15, 0.2) is 24.3 Å². The molecule has 0 unspecified atom stereocenters. The van der Waals surface area contributed by atoms with Gasteiger partial charge in [0, 0.05) is 51.4 Å². The van der Waals surface area contributed by atoms with Gasteiger partial charge in [-0.1, -0.05) is 12.1 Å². The molecule has 0 atom stereocenters. The van der Waals surface area contributed by atoms with Crippen LogP contribution in [-0.4, -0.2) is 61.4 Å². The van der Waals surface area contributed by atoms with Crippen LogP contribution in [0.25, 0.3) is 0 Å². The molecule has 5 nitrogen and oxygen atoms in total. The number of anilines is 1. The van der Waals surface area contributed by atoms with Crippen molar-refractivity contribution in [3.05, 3.63) is 29.8 Å². The van der Waals surface area contributed by atoms with Crippen molar-refractivity contribution in [2.45, 2.75) is 32.1 Å². The van der Waals surface area contributed by atoms with Crippen LogP contribution in [-0.2, 0) is 16.0 Å². The zero-order chi connectivity index (χ0) is 16.8. The topological polar surface area (TPSA) is 43.9 Å². The van der Waals surface area contributed by atoms with E-state index in [1.807, 2.05) is 4.90 Å². The van der Waals surface area contributed by atoms with Crippen LogP contribution in [0.2, 0.25) is 0 Å². The number of nitrogens with zero attached hydrogens (tertiary/aromatic N) is 3. The molecule has 0 N–H and O–H groups in total. The zero-order valence-corrected chi connectivity index (χ0v) is 14.3. The normalized spacial score (nSPS) is 18.6. The van der Waals surface area contributed by atoms with Gasteiger partial charge in [0.15, 0.2) is 0 Å². The maximum absolute atomic E-state index is 12.3. The van der Waals surface area contributed by atoms with Crippen LogP contribution in [0, 0.1) is 0 Å². The second-order valence-corrected chi connectivity index (χ2v) is 6.74. The van der Waals surface area contributed by atoms with Crippen molar-refractivity contribution in [2.75, 3.05) is 44.2 Å². The van der Waals surface area contributed by atoms with E-state index in [9.17, 15) is 9.59 Å². The highest BCUT2D eigenvalue weighted by Crippen LogP contribution is 2.20. The highest BCUT2D eigenvalue weighted by molar-refractivity contribution is 5.76. The van der Waals surface area contributed by atoms with Gasteiger partial charge in [0.25, 0.3) is 0 Å². The molecule has 2 saturated heterocycles. The summed E-state index contributed by atoms with van der Waals surface area (Å²) in [6, 6.07) is 8.69. The van der Waals surface area contributed by atoms with Gasteiger partial charge in [-0.15, -0.1) is 0 Å². The minimum absolute atomic E-state index is 0.195. The molecule has 0 bridgehead atoms. The zero-order valence-electron chi connectivity index (χ0n) is 14.3. The van der Waals surface area contributed by atoms with Gasteiger partial charge in [0.2, 0.25) is 12.3 Å². The number of hydrogen-bond donors (Lipinski definition) is 0. The Hall–Kier alpha value is -2.04. The summed E-state index contributed by atoms with van der Waals surface area (Å²) in [5.74, 6) is 0.195. The van der Waals surface area contributed by atoms with Gasteiger partial charge in [-0.2, -0.15) is 0 Å². The van der Waals surface area contributed by atoms with E-state index >= 15 is 0 Å². The lowest BCUT2D eigenvalue weighted by molar-refractivity contribution is -0.135. The van der Waals surface area contributed by atoms with E-state index in [1.54, 1.807) is 4.90 Å². The summed E-state index contributed by atoms with van der Waals surface area (Å²) >= 11 is 0. The number of aryl methyl sites for hydroxylation is 1. The Morgan fingerprint density at radius 1 is 0.917 bits per heavy atom. The fourth-order valence-corrected chi connectivity index (χ4v) is 3.51. The van der Waals surface area contributed by atoms with Crippen molar-refractivity contribution in [2.24, 2.45) is 0 Å². The fourth-order valence-electron chi connectivity index (χ4n) is 3.51. The molecule has 2 aliphatic rings. The summed E-state index contributed by atoms with van der Waals surface area (Å²) in [7, 11) is 0. The Morgan fingerprint density at radius 2 is 1.58 bits per heavy atom. The van der Waals surface area contributed by atoms with Gasteiger partial charge in [0.05, 0.1) is 0 Å². The largest absolute Gasteiger partial charge is 0.372 e. The highest BCUT2D eigenvalue weighted by Gasteiger charge is 2.19. The minimum atomic E-state index is 0.195. The molecule has 0 spiro atoms. The number of piperidine rings is 1. The maximum Gasteiger partial charge on any atom is 0.223 e. The summed E-state index contributed by atoms with van der Waals surface area (Å²) in [4.78, 5) is 29.1. The second-order valence-electron chi connectivity index (χ2n) is 6.74. The first-order chi connectivity index (χ1) is 11.8. The first-order valence-electron chi connectivity index (χ1n) is 9.07. The minimum Gasteiger partial charge on any atom is -0.372 e. The average molecular weight is 329 g/mol. The molecule has 1 aromatic carbocycles. The number of rotatable bonds is 5. The van der Waals surface area contributed by atoms with Gasteiger partial charge in [0.1, 0.15) is 0 Å². The molecule has 130 valence electrons. The van der Waals surface area contributed by atoms with E-state index in [0.29, 0.717) is 32.6 Å². The van der Waals surface area contributed by atoms with Crippen molar-refractivity contribution < 1.29 is 9.59 Å². The summed E-state index contributed by atoms with van der Waals surface area (Å²) in [6.07, 6.45) is 6.11. The molecular weight excluding hydrogens is 302 g/mol. The Balaban J connectivity index is 1.46.